The molecule has 174 valence electrons. The lowest BCUT2D eigenvalue weighted by Gasteiger charge is -2.36. The molecule has 2 aliphatic heterocycles. The number of nitrogens with zero attached hydrogens (tertiary/aromatic N) is 3. The van der Waals surface area contributed by atoms with Gasteiger partial charge in [0.1, 0.15) is 6.61 Å². The first-order valence-electron chi connectivity index (χ1n) is 10.9. The van der Waals surface area contributed by atoms with Gasteiger partial charge in [0.05, 0.1) is 45.2 Å². The monoisotopic (exact) mass is 463 g/mol. The highest BCUT2D eigenvalue weighted by molar-refractivity contribution is 5.92. The molecular weight excluding hydrogens is 442 g/mol. The number of benzene rings is 1. The first-order valence-corrected chi connectivity index (χ1v) is 10.9. The Morgan fingerprint density at radius 1 is 1.32 bits per heavy atom. The zero-order chi connectivity index (χ0) is 24.4. The van der Waals surface area contributed by atoms with Crippen molar-refractivity contribution in [1.82, 2.24) is 9.55 Å². The van der Waals surface area contributed by atoms with Crippen molar-refractivity contribution < 1.29 is 24.0 Å². The first kappa shape index (κ1) is 21.7. The Labute approximate surface area is 193 Å². The Balaban J connectivity index is 1.75. The molecule has 0 amide bonds. The predicted octanol–water partition coefficient (Wildman–Crippen LogP) is 3.19. The molecule has 0 aliphatic carbocycles. The maximum atomic E-state index is 13.5. The van der Waals surface area contributed by atoms with Gasteiger partial charge in [-0.25, -0.2) is 9.78 Å². The molecule has 3 aromatic rings. The Morgan fingerprint density at radius 3 is 2.76 bits per heavy atom. The summed E-state index contributed by atoms with van der Waals surface area (Å²) >= 11 is 0. The summed E-state index contributed by atoms with van der Waals surface area (Å²) in [5.74, 6) is -1.79. The van der Waals surface area contributed by atoms with Gasteiger partial charge in [0.15, 0.2) is 0 Å². The molecular formula is C24H21N3O7. The number of ether oxygens (including phenoxy) is 2. The van der Waals surface area contributed by atoms with Gasteiger partial charge in [-0.2, -0.15) is 0 Å². The van der Waals surface area contributed by atoms with E-state index >= 15 is 0 Å². The average Bonchev–Trinajstić information content (AvgIpc) is 3.16. The van der Waals surface area contributed by atoms with E-state index in [-0.39, 0.29) is 36.4 Å². The van der Waals surface area contributed by atoms with Crippen LogP contribution >= 0.6 is 0 Å². The number of fused-ring (bicyclic) bond motifs is 5. The van der Waals surface area contributed by atoms with E-state index in [9.17, 15) is 24.5 Å². The van der Waals surface area contributed by atoms with Crippen molar-refractivity contribution in [1.29, 1.82) is 0 Å². The number of nitro groups is 1. The van der Waals surface area contributed by atoms with E-state index in [0.29, 0.717) is 33.4 Å². The highest BCUT2D eigenvalue weighted by Gasteiger charge is 2.50. The normalized spacial score (nSPS) is 18.3. The molecule has 4 heterocycles. The van der Waals surface area contributed by atoms with Crippen LogP contribution in [0.3, 0.4) is 0 Å². The topological polar surface area (TPSA) is 131 Å². The summed E-state index contributed by atoms with van der Waals surface area (Å²) in [4.78, 5) is 54.5. The molecule has 5 rings (SSSR count). The fourth-order valence-corrected chi connectivity index (χ4v) is 4.59. The third-order valence-electron chi connectivity index (χ3n) is 6.44. The molecule has 0 fully saturated rings. The van der Waals surface area contributed by atoms with Crippen LogP contribution in [0.25, 0.3) is 22.3 Å². The van der Waals surface area contributed by atoms with Crippen molar-refractivity contribution in [3.05, 3.63) is 67.5 Å². The number of carbonyl (C=O) groups is 2. The molecule has 34 heavy (non-hydrogen) atoms. The number of rotatable bonds is 4. The molecule has 2 aromatic heterocycles. The van der Waals surface area contributed by atoms with E-state index in [1.807, 2.05) is 0 Å². The van der Waals surface area contributed by atoms with Gasteiger partial charge in [0, 0.05) is 17.2 Å². The zero-order valence-corrected chi connectivity index (χ0v) is 18.8. The summed E-state index contributed by atoms with van der Waals surface area (Å²) in [6.45, 7) is 4.94. The number of aromatic nitrogens is 2. The van der Waals surface area contributed by atoms with Gasteiger partial charge in [-0.1, -0.05) is 26.8 Å². The molecule has 1 atom stereocenters. The third-order valence-corrected chi connectivity index (χ3v) is 6.44. The van der Waals surface area contributed by atoms with Crippen molar-refractivity contribution in [2.45, 2.75) is 45.9 Å². The smallest absolute Gasteiger partial charge is 0.355 e. The zero-order valence-electron chi connectivity index (χ0n) is 18.8. The van der Waals surface area contributed by atoms with E-state index in [0.717, 1.165) is 0 Å². The predicted molar refractivity (Wildman–Crippen MR) is 120 cm³/mol. The van der Waals surface area contributed by atoms with Crippen LogP contribution in [0.2, 0.25) is 0 Å². The molecule has 10 nitrogen and oxygen atoms in total. The van der Waals surface area contributed by atoms with Gasteiger partial charge in [0.25, 0.3) is 11.2 Å². The summed E-state index contributed by atoms with van der Waals surface area (Å²) in [7, 11) is 0. The summed E-state index contributed by atoms with van der Waals surface area (Å²) in [6.07, 6.45) is 0.0877. The fourth-order valence-electron chi connectivity index (χ4n) is 4.59. The summed E-state index contributed by atoms with van der Waals surface area (Å²) in [6, 6.07) is 7.97. The van der Waals surface area contributed by atoms with Gasteiger partial charge in [0.2, 0.25) is 5.60 Å². The highest BCUT2D eigenvalue weighted by atomic mass is 16.6. The minimum Gasteiger partial charge on any atom is -0.457 e. The lowest BCUT2D eigenvalue weighted by Crippen LogP contribution is -2.48. The second kappa shape index (κ2) is 7.47. The summed E-state index contributed by atoms with van der Waals surface area (Å²) < 4.78 is 12.5. The lowest BCUT2D eigenvalue weighted by atomic mass is 9.85. The van der Waals surface area contributed by atoms with E-state index in [2.05, 4.69) is 4.98 Å². The van der Waals surface area contributed by atoms with Gasteiger partial charge < -0.3 is 14.0 Å². The standard InChI is InChI=1S/C24H21N3O7/c1-4-24(34-22(29)12(2)3)16-9-19-20-13(10-26(19)21(28)15(16)11-33-23(24)30)8-14-17(25-20)6-5-7-18(14)27(31)32/h5-9,12H,4,10-11H2,1-3H3/t24-/m0/s1. The number of nitro benzene ring substituents is 1. The van der Waals surface area contributed by atoms with Crippen LogP contribution < -0.4 is 5.56 Å². The van der Waals surface area contributed by atoms with Crippen LogP contribution in [0.15, 0.2) is 35.1 Å². The summed E-state index contributed by atoms with van der Waals surface area (Å²) in [5.41, 5.74) is 0.369. The molecule has 0 saturated carbocycles. The third kappa shape index (κ3) is 2.94. The Kier molecular flexibility index (Phi) is 4.78. The number of non-ortho nitro benzene ring substituents is 1. The van der Waals surface area contributed by atoms with Crippen LogP contribution in [-0.2, 0) is 37.8 Å². The molecule has 2 aliphatic rings. The quantitative estimate of drug-likeness (QED) is 0.256. The Hall–Kier alpha value is -4.08. The molecule has 0 radical (unpaired) electrons. The first-order chi connectivity index (χ1) is 16.2. The molecule has 0 spiro atoms. The molecule has 0 unspecified atom stereocenters. The van der Waals surface area contributed by atoms with E-state index in [4.69, 9.17) is 9.47 Å². The number of cyclic esters (lactones) is 1. The highest BCUT2D eigenvalue weighted by Crippen LogP contribution is 2.41. The second-order valence-corrected chi connectivity index (χ2v) is 8.74. The van der Waals surface area contributed by atoms with E-state index in [1.165, 1.54) is 10.6 Å². The molecule has 0 bridgehead atoms. The Morgan fingerprint density at radius 2 is 2.09 bits per heavy atom. The average molecular weight is 463 g/mol. The molecule has 0 N–H and O–H groups in total. The van der Waals surface area contributed by atoms with Crippen LogP contribution in [-0.4, -0.2) is 26.4 Å². The minimum absolute atomic E-state index is 0.0695. The number of carbonyl (C=O) groups excluding carboxylic acids is 2. The van der Waals surface area contributed by atoms with Crippen LogP contribution in [0.1, 0.15) is 43.9 Å². The number of hydrogen-bond donors (Lipinski definition) is 0. The van der Waals surface area contributed by atoms with Crippen molar-refractivity contribution in [2.24, 2.45) is 5.92 Å². The minimum atomic E-state index is -1.73. The van der Waals surface area contributed by atoms with Crippen LogP contribution in [0, 0.1) is 16.0 Å². The van der Waals surface area contributed by atoms with Gasteiger partial charge in [-0.15, -0.1) is 0 Å². The fraction of sp³-hybridized carbons (Fsp3) is 0.333. The van der Waals surface area contributed by atoms with Crippen molar-refractivity contribution >= 4 is 28.5 Å². The number of pyridine rings is 2. The van der Waals surface area contributed by atoms with Crippen LogP contribution in [0.4, 0.5) is 5.69 Å². The van der Waals surface area contributed by atoms with Gasteiger partial charge >= 0.3 is 11.9 Å². The molecule has 10 heteroatoms. The van der Waals surface area contributed by atoms with Gasteiger partial charge in [-0.05, 0) is 24.6 Å². The maximum absolute atomic E-state index is 13.5. The largest absolute Gasteiger partial charge is 0.457 e. The van der Waals surface area contributed by atoms with Crippen molar-refractivity contribution in [2.75, 3.05) is 0 Å². The SMILES string of the molecule is CC[C@@]1(OC(=O)C(C)C)C(=O)OCc2c1cc1n(c2=O)Cc2cc3c([N+](=O)[O-])cccc3nc2-1. The number of esters is 2. The van der Waals surface area contributed by atoms with Crippen molar-refractivity contribution in [3.63, 3.8) is 0 Å². The lowest BCUT2D eigenvalue weighted by molar-refractivity contribution is -0.383. The van der Waals surface area contributed by atoms with E-state index in [1.54, 1.807) is 45.0 Å². The summed E-state index contributed by atoms with van der Waals surface area (Å²) in [5, 5.41) is 11.8. The Bertz CT molecular complexity index is 1470. The molecule has 0 saturated heterocycles. The van der Waals surface area contributed by atoms with Crippen LogP contribution in [0.5, 0.6) is 0 Å². The van der Waals surface area contributed by atoms with Gasteiger partial charge in [-0.3, -0.25) is 19.7 Å². The van der Waals surface area contributed by atoms with E-state index < -0.39 is 28.4 Å². The second-order valence-electron chi connectivity index (χ2n) is 8.74. The van der Waals surface area contributed by atoms with Crippen molar-refractivity contribution in [3.8, 4) is 11.4 Å². The number of hydrogen-bond acceptors (Lipinski definition) is 8. The molecule has 1 aromatic carbocycles. The maximum Gasteiger partial charge on any atom is 0.355 e.